The maximum atomic E-state index is 11.6. The summed E-state index contributed by atoms with van der Waals surface area (Å²) in [7, 11) is 0. The number of amides is 3. The smallest absolute Gasteiger partial charge is 0.325 e. The summed E-state index contributed by atoms with van der Waals surface area (Å²) in [5.41, 5.74) is -0.714. The first-order valence-corrected chi connectivity index (χ1v) is 5.27. The normalized spacial score (nSPS) is 25.9. The van der Waals surface area contributed by atoms with Crippen LogP contribution in [0.2, 0.25) is 0 Å². The van der Waals surface area contributed by atoms with Crippen molar-refractivity contribution >= 4 is 11.9 Å². The summed E-state index contributed by atoms with van der Waals surface area (Å²) in [5.74, 6) is -0.216. The molecule has 15 heavy (non-hydrogen) atoms. The Kier molecular flexibility index (Phi) is 3.68. The highest BCUT2D eigenvalue weighted by Gasteiger charge is 2.47. The molecule has 0 radical (unpaired) electrons. The quantitative estimate of drug-likeness (QED) is 0.542. The van der Waals surface area contributed by atoms with Crippen molar-refractivity contribution in [3.8, 4) is 0 Å². The lowest BCUT2D eigenvalue weighted by Crippen LogP contribution is -2.47. The number of nitrogens with zero attached hydrogens (tertiary/aromatic N) is 1. The Bertz CT molecular complexity index is 267. The molecule has 1 N–H and O–H groups in total. The number of hydrogen-bond acceptors (Lipinski definition) is 3. The van der Waals surface area contributed by atoms with Crippen LogP contribution in [0, 0.1) is 0 Å². The van der Waals surface area contributed by atoms with E-state index in [9.17, 15) is 9.59 Å². The van der Waals surface area contributed by atoms with Gasteiger partial charge < -0.3 is 9.64 Å². The molecule has 3 amide bonds. The summed E-state index contributed by atoms with van der Waals surface area (Å²) in [6, 6.07) is -0.316. The highest BCUT2D eigenvalue weighted by atomic mass is 16.5. The van der Waals surface area contributed by atoms with Gasteiger partial charge in [0.25, 0.3) is 5.91 Å². The molecular formula is C10H18N2O3. The molecule has 1 fully saturated rings. The number of urea groups is 1. The van der Waals surface area contributed by atoms with Gasteiger partial charge in [-0.15, -0.1) is 0 Å². The molecule has 1 saturated heterocycles. The number of hydrogen-bond donors (Lipinski definition) is 1. The number of nitrogens with one attached hydrogen (secondary N) is 1. The molecule has 0 aliphatic carbocycles. The number of ether oxygens (including phenoxy) is 1. The Balaban J connectivity index is 2.67. The fraction of sp³-hybridized carbons (Fsp3) is 0.800. The maximum Gasteiger partial charge on any atom is 0.325 e. The predicted molar refractivity (Wildman–Crippen MR) is 55.4 cm³/mol. The lowest BCUT2D eigenvalue weighted by atomic mass is 9.97. The van der Waals surface area contributed by atoms with Gasteiger partial charge >= 0.3 is 6.03 Å². The van der Waals surface area contributed by atoms with E-state index >= 15 is 0 Å². The highest BCUT2D eigenvalue weighted by Crippen LogP contribution is 2.24. The van der Waals surface area contributed by atoms with Crippen LogP contribution in [-0.2, 0) is 9.53 Å². The SMILES string of the molecule is CCOCCN1C(=O)NC(=O)C1(C)CC. The number of imide groups is 1. The first-order chi connectivity index (χ1) is 7.06. The average Bonchev–Trinajstić information content (AvgIpc) is 2.42. The zero-order valence-corrected chi connectivity index (χ0v) is 9.50. The van der Waals surface area contributed by atoms with Gasteiger partial charge in [0.15, 0.2) is 0 Å². The molecule has 5 heteroatoms. The minimum atomic E-state index is -0.714. The topological polar surface area (TPSA) is 58.6 Å². The Morgan fingerprint density at radius 1 is 1.40 bits per heavy atom. The van der Waals surface area contributed by atoms with Gasteiger partial charge in [0.1, 0.15) is 5.54 Å². The van der Waals surface area contributed by atoms with Crippen LogP contribution < -0.4 is 5.32 Å². The van der Waals surface area contributed by atoms with Crippen LogP contribution in [-0.4, -0.2) is 42.1 Å². The Morgan fingerprint density at radius 2 is 2.07 bits per heavy atom. The molecule has 0 spiro atoms. The second-order valence-corrected chi connectivity index (χ2v) is 3.74. The van der Waals surface area contributed by atoms with Crippen molar-refractivity contribution in [2.24, 2.45) is 0 Å². The summed E-state index contributed by atoms with van der Waals surface area (Å²) < 4.78 is 5.18. The molecule has 1 heterocycles. The van der Waals surface area contributed by atoms with Gasteiger partial charge in [0.2, 0.25) is 0 Å². The van der Waals surface area contributed by atoms with Crippen molar-refractivity contribution in [2.75, 3.05) is 19.8 Å². The lowest BCUT2D eigenvalue weighted by Gasteiger charge is -2.30. The summed E-state index contributed by atoms with van der Waals surface area (Å²) >= 11 is 0. The van der Waals surface area contributed by atoms with E-state index in [1.807, 2.05) is 13.8 Å². The van der Waals surface area contributed by atoms with Crippen molar-refractivity contribution in [3.05, 3.63) is 0 Å². The molecule has 0 bridgehead atoms. The fourth-order valence-electron chi connectivity index (χ4n) is 1.65. The van der Waals surface area contributed by atoms with Crippen molar-refractivity contribution in [2.45, 2.75) is 32.7 Å². The van der Waals surface area contributed by atoms with Crippen molar-refractivity contribution < 1.29 is 14.3 Å². The molecule has 1 atom stereocenters. The van der Waals surface area contributed by atoms with E-state index in [1.165, 1.54) is 0 Å². The molecule has 1 aliphatic heterocycles. The van der Waals surface area contributed by atoms with Gasteiger partial charge in [-0.05, 0) is 20.3 Å². The zero-order valence-electron chi connectivity index (χ0n) is 9.50. The Labute approximate surface area is 89.8 Å². The molecule has 0 aromatic rings. The molecule has 0 aromatic heterocycles. The van der Waals surface area contributed by atoms with Crippen molar-refractivity contribution in [3.63, 3.8) is 0 Å². The third-order valence-corrected chi connectivity index (χ3v) is 2.90. The van der Waals surface area contributed by atoms with Crippen LogP contribution in [0.4, 0.5) is 4.79 Å². The largest absolute Gasteiger partial charge is 0.380 e. The maximum absolute atomic E-state index is 11.6. The van der Waals surface area contributed by atoms with Crippen LogP contribution in [0.15, 0.2) is 0 Å². The third kappa shape index (κ3) is 2.12. The average molecular weight is 214 g/mol. The predicted octanol–water partition coefficient (Wildman–Crippen LogP) is 0.743. The summed E-state index contributed by atoms with van der Waals surface area (Å²) in [6.45, 7) is 7.11. The third-order valence-electron chi connectivity index (χ3n) is 2.90. The Morgan fingerprint density at radius 3 is 2.60 bits per heavy atom. The monoisotopic (exact) mass is 214 g/mol. The lowest BCUT2D eigenvalue weighted by molar-refractivity contribution is -0.126. The van der Waals surface area contributed by atoms with E-state index in [0.29, 0.717) is 26.2 Å². The first kappa shape index (κ1) is 12.0. The van der Waals surface area contributed by atoms with E-state index in [4.69, 9.17) is 4.74 Å². The first-order valence-electron chi connectivity index (χ1n) is 5.27. The second kappa shape index (κ2) is 4.61. The number of carbonyl (C=O) groups is 2. The second-order valence-electron chi connectivity index (χ2n) is 3.74. The summed E-state index contributed by atoms with van der Waals surface area (Å²) in [6.07, 6.45) is 0.608. The molecule has 5 nitrogen and oxygen atoms in total. The number of carbonyl (C=O) groups excluding carboxylic acids is 2. The van der Waals surface area contributed by atoms with E-state index in [1.54, 1.807) is 11.8 Å². The highest BCUT2D eigenvalue weighted by molar-refractivity contribution is 6.06. The van der Waals surface area contributed by atoms with Gasteiger partial charge in [0.05, 0.1) is 6.61 Å². The number of rotatable bonds is 5. The van der Waals surface area contributed by atoms with Crippen molar-refractivity contribution in [1.82, 2.24) is 10.2 Å². The van der Waals surface area contributed by atoms with Gasteiger partial charge in [-0.25, -0.2) is 4.79 Å². The minimum absolute atomic E-state index is 0.216. The zero-order chi connectivity index (χ0) is 11.5. The van der Waals surface area contributed by atoms with Gasteiger partial charge in [0, 0.05) is 13.2 Å². The van der Waals surface area contributed by atoms with Crippen LogP contribution in [0.25, 0.3) is 0 Å². The van der Waals surface area contributed by atoms with E-state index in [2.05, 4.69) is 5.32 Å². The molecule has 0 saturated carbocycles. The van der Waals surface area contributed by atoms with Crippen LogP contribution in [0.3, 0.4) is 0 Å². The summed E-state index contributed by atoms with van der Waals surface area (Å²) in [4.78, 5) is 24.6. The van der Waals surface area contributed by atoms with Gasteiger partial charge in [-0.2, -0.15) is 0 Å². The molecule has 1 unspecified atom stereocenters. The summed E-state index contributed by atoms with van der Waals surface area (Å²) in [5, 5.41) is 2.33. The molecular weight excluding hydrogens is 196 g/mol. The van der Waals surface area contributed by atoms with E-state index < -0.39 is 5.54 Å². The molecule has 0 aromatic carbocycles. The van der Waals surface area contributed by atoms with Crippen LogP contribution >= 0.6 is 0 Å². The van der Waals surface area contributed by atoms with Crippen LogP contribution in [0.5, 0.6) is 0 Å². The fourth-order valence-corrected chi connectivity index (χ4v) is 1.65. The molecule has 86 valence electrons. The standard InChI is InChI=1S/C10H18N2O3/c1-4-10(3)8(13)11-9(14)12(10)6-7-15-5-2/h4-7H2,1-3H3,(H,11,13,14). The van der Waals surface area contributed by atoms with Crippen molar-refractivity contribution in [1.29, 1.82) is 0 Å². The molecule has 1 aliphatic rings. The van der Waals surface area contributed by atoms with E-state index in [0.717, 1.165) is 0 Å². The van der Waals surface area contributed by atoms with E-state index in [-0.39, 0.29) is 11.9 Å². The van der Waals surface area contributed by atoms with Crippen LogP contribution in [0.1, 0.15) is 27.2 Å². The minimum Gasteiger partial charge on any atom is -0.380 e. The Hall–Kier alpha value is -1.10. The van der Waals surface area contributed by atoms with Gasteiger partial charge in [-0.1, -0.05) is 6.92 Å². The molecule has 1 rings (SSSR count). The van der Waals surface area contributed by atoms with Gasteiger partial charge in [-0.3, -0.25) is 10.1 Å².